The zero-order valence-electron chi connectivity index (χ0n) is 27.2. The van der Waals surface area contributed by atoms with E-state index in [2.05, 4.69) is 6.92 Å². The number of aldehydes is 1. The van der Waals surface area contributed by atoms with Crippen LogP contribution in [0, 0.1) is 5.41 Å². The summed E-state index contributed by atoms with van der Waals surface area (Å²) < 4.78 is 48.6. The standard InChI is InChI=1S/C31H56O12/c1-7-8-9-14-17-26(33)18-15-12-10-11-13-16-19-27(41-23-36-3)28(42-24-37-4)29(43-25-38-5)31(20-32,30(34)39-6)21-40-22-35-2/h16,19-20,27-29H,7-15,17-18,21-25H2,1-6H3/b19-16+/t27-,28+,29-,31+/m0/s1. The number of hydrogen-bond donors (Lipinski definition) is 0. The SMILES string of the molecule is CCCCCCC(=O)CCCCCC/C=C/[C@H](OCOC)[C@@H](OCOC)[C@H](OCOC)[C@@](C=O)(COCOC)C(=O)OC. The van der Waals surface area contributed by atoms with Crippen LogP contribution in [0.15, 0.2) is 12.2 Å². The number of carbonyl (C=O) groups is 3. The van der Waals surface area contributed by atoms with E-state index in [9.17, 15) is 14.4 Å². The summed E-state index contributed by atoms with van der Waals surface area (Å²) in [5, 5.41) is 0. The summed E-state index contributed by atoms with van der Waals surface area (Å²) in [6.45, 7) is 1.01. The van der Waals surface area contributed by atoms with E-state index in [4.69, 9.17) is 42.6 Å². The number of rotatable bonds is 31. The fourth-order valence-electron chi connectivity index (χ4n) is 4.52. The van der Waals surface area contributed by atoms with Gasteiger partial charge >= 0.3 is 5.97 Å². The summed E-state index contributed by atoms with van der Waals surface area (Å²) in [6.07, 6.45) is 11.3. The molecule has 0 amide bonds. The lowest BCUT2D eigenvalue weighted by Crippen LogP contribution is -2.58. The van der Waals surface area contributed by atoms with Gasteiger partial charge in [-0.2, -0.15) is 0 Å². The fraction of sp³-hybridized carbons (Fsp3) is 0.839. The van der Waals surface area contributed by atoms with Gasteiger partial charge in [0.1, 0.15) is 57.6 Å². The molecule has 0 N–H and O–H groups in total. The minimum Gasteiger partial charge on any atom is -0.468 e. The summed E-state index contributed by atoms with van der Waals surface area (Å²) >= 11 is 0. The van der Waals surface area contributed by atoms with Gasteiger partial charge in [0.25, 0.3) is 0 Å². The van der Waals surface area contributed by atoms with Gasteiger partial charge in [0.2, 0.25) is 0 Å². The maximum absolute atomic E-state index is 13.1. The van der Waals surface area contributed by atoms with E-state index < -0.39 is 36.3 Å². The second-order valence-electron chi connectivity index (χ2n) is 10.2. The average molecular weight is 621 g/mol. The maximum Gasteiger partial charge on any atom is 0.324 e. The molecule has 0 aromatic rings. The fourth-order valence-corrected chi connectivity index (χ4v) is 4.52. The van der Waals surface area contributed by atoms with Crippen LogP contribution in [0.3, 0.4) is 0 Å². The molecular formula is C31H56O12. The van der Waals surface area contributed by atoms with Crippen LogP contribution in [-0.4, -0.2) is 106 Å². The number of hydrogen-bond acceptors (Lipinski definition) is 12. The van der Waals surface area contributed by atoms with Gasteiger partial charge in [0, 0.05) is 41.3 Å². The Morgan fingerprint density at radius 1 is 0.721 bits per heavy atom. The second-order valence-corrected chi connectivity index (χ2v) is 10.2. The lowest BCUT2D eigenvalue weighted by molar-refractivity contribution is -0.232. The number of allylic oxidation sites excluding steroid dienone is 1. The number of methoxy groups -OCH3 is 5. The molecule has 0 rings (SSSR count). The van der Waals surface area contributed by atoms with Crippen molar-refractivity contribution in [1.82, 2.24) is 0 Å². The number of esters is 1. The smallest absolute Gasteiger partial charge is 0.324 e. The van der Waals surface area contributed by atoms with Gasteiger partial charge in [-0.25, -0.2) is 0 Å². The van der Waals surface area contributed by atoms with Crippen molar-refractivity contribution in [2.24, 2.45) is 5.41 Å². The van der Waals surface area contributed by atoms with Gasteiger partial charge in [-0.1, -0.05) is 51.2 Å². The number of ketones is 1. The van der Waals surface area contributed by atoms with E-state index >= 15 is 0 Å². The van der Waals surface area contributed by atoms with Gasteiger partial charge < -0.3 is 47.4 Å². The Balaban J connectivity index is 5.64. The Bertz CT molecular complexity index is 732. The first-order valence-corrected chi connectivity index (χ1v) is 15.0. The van der Waals surface area contributed by atoms with Crippen LogP contribution in [0.5, 0.6) is 0 Å². The predicted octanol–water partition coefficient (Wildman–Crippen LogP) is 4.37. The lowest BCUT2D eigenvalue weighted by atomic mass is 9.79. The van der Waals surface area contributed by atoms with Crippen molar-refractivity contribution in [2.45, 2.75) is 95.9 Å². The first-order valence-electron chi connectivity index (χ1n) is 15.0. The summed E-state index contributed by atoms with van der Waals surface area (Å²) in [6, 6.07) is 0. The molecule has 0 radical (unpaired) electrons. The molecule has 252 valence electrons. The van der Waals surface area contributed by atoms with Crippen molar-refractivity contribution < 1.29 is 57.0 Å². The van der Waals surface area contributed by atoms with E-state index in [1.54, 1.807) is 6.08 Å². The van der Waals surface area contributed by atoms with Crippen LogP contribution < -0.4 is 0 Å². The Morgan fingerprint density at radius 3 is 1.88 bits per heavy atom. The van der Waals surface area contributed by atoms with Crippen LogP contribution in [0.1, 0.15) is 77.6 Å². The molecular weight excluding hydrogens is 564 g/mol. The molecule has 0 aromatic heterocycles. The summed E-state index contributed by atoms with van der Waals surface area (Å²) in [5.74, 6) is -0.535. The van der Waals surface area contributed by atoms with Crippen LogP contribution in [0.25, 0.3) is 0 Å². The number of carbonyl (C=O) groups excluding carboxylic acids is 3. The van der Waals surface area contributed by atoms with Crippen molar-refractivity contribution in [3.63, 3.8) is 0 Å². The van der Waals surface area contributed by atoms with Crippen molar-refractivity contribution in [2.75, 3.05) is 69.3 Å². The van der Waals surface area contributed by atoms with Gasteiger partial charge in [0.15, 0.2) is 5.41 Å². The van der Waals surface area contributed by atoms with Crippen LogP contribution in [0.2, 0.25) is 0 Å². The number of unbranched alkanes of at least 4 members (excludes halogenated alkanes) is 7. The Labute approximate surface area is 258 Å². The number of ether oxygens (including phenoxy) is 9. The highest BCUT2D eigenvalue weighted by atomic mass is 16.7. The first-order chi connectivity index (χ1) is 20.9. The van der Waals surface area contributed by atoms with Crippen LogP contribution in [0.4, 0.5) is 0 Å². The molecule has 0 heterocycles. The third-order valence-corrected chi connectivity index (χ3v) is 6.78. The molecule has 0 aromatic carbocycles. The molecule has 0 aliphatic carbocycles. The molecule has 0 saturated carbocycles. The quantitative estimate of drug-likeness (QED) is 0.0272. The highest BCUT2D eigenvalue weighted by Gasteiger charge is 2.54. The van der Waals surface area contributed by atoms with Gasteiger partial charge in [-0.05, 0) is 25.7 Å². The summed E-state index contributed by atoms with van der Waals surface area (Å²) in [4.78, 5) is 37.8. The molecule has 0 aliphatic heterocycles. The van der Waals surface area contributed by atoms with Gasteiger partial charge in [-0.3, -0.25) is 9.59 Å². The van der Waals surface area contributed by atoms with Crippen molar-refractivity contribution in [3.05, 3.63) is 12.2 Å². The molecule has 0 saturated heterocycles. The molecule has 0 unspecified atom stereocenters. The Morgan fingerprint density at radius 2 is 1.30 bits per heavy atom. The molecule has 12 heteroatoms. The largest absolute Gasteiger partial charge is 0.468 e. The van der Waals surface area contributed by atoms with E-state index in [-0.39, 0.29) is 27.2 Å². The van der Waals surface area contributed by atoms with Crippen LogP contribution >= 0.6 is 0 Å². The van der Waals surface area contributed by atoms with Crippen molar-refractivity contribution in [3.8, 4) is 0 Å². The first kappa shape index (κ1) is 41.2. The lowest BCUT2D eigenvalue weighted by Gasteiger charge is -2.39. The molecule has 12 nitrogen and oxygen atoms in total. The van der Waals surface area contributed by atoms with Gasteiger partial charge in [-0.15, -0.1) is 0 Å². The highest BCUT2D eigenvalue weighted by Crippen LogP contribution is 2.32. The van der Waals surface area contributed by atoms with E-state index in [0.29, 0.717) is 24.9 Å². The monoisotopic (exact) mass is 620 g/mol. The maximum atomic E-state index is 13.1. The van der Waals surface area contributed by atoms with Crippen molar-refractivity contribution in [1.29, 1.82) is 0 Å². The van der Waals surface area contributed by atoms with Crippen LogP contribution in [-0.2, 0) is 57.0 Å². The molecule has 4 atom stereocenters. The zero-order valence-corrected chi connectivity index (χ0v) is 27.2. The molecule has 0 spiro atoms. The molecule has 0 bridgehead atoms. The topological polar surface area (TPSA) is 134 Å². The Kier molecular flexibility index (Phi) is 26.6. The minimum absolute atomic E-state index is 0.0994. The summed E-state index contributed by atoms with van der Waals surface area (Å²) in [5.41, 5.74) is -1.96. The van der Waals surface area contributed by atoms with Crippen molar-refractivity contribution >= 4 is 18.0 Å². The predicted molar refractivity (Wildman–Crippen MR) is 159 cm³/mol. The third-order valence-electron chi connectivity index (χ3n) is 6.78. The molecule has 0 aliphatic rings. The van der Waals surface area contributed by atoms with E-state index in [1.165, 1.54) is 41.3 Å². The average Bonchev–Trinajstić information content (AvgIpc) is 3.02. The zero-order chi connectivity index (χ0) is 32.2. The molecule has 43 heavy (non-hydrogen) atoms. The highest BCUT2D eigenvalue weighted by molar-refractivity contribution is 5.94. The summed E-state index contributed by atoms with van der Waals surface area (Å²) in [7, 11) is 6.91. The minimum atomic E-state index is -1.96. The normalized spacial score (nSPS) is 15.2. The third kappa shape index (κ3) is 17.3. The van der Waals surface area contributed by atoms with Gasteiger partial charge in [0.05, 0.1) is 13.7 Å². The molecule has 0 fully saturated rings. The van der Waals surface area contributed by atoms with E-state index in [0.717, 1.165) is 52.1 Å². The van der Waals surface area contributed by atoms with E-state index in [1.807, 2.05) is 6.08 Å². The second kappa shape index (κ2) is 27.8. The number of Topliss-reactive ketones (excluding diaryl/α,β-unsaturated/α-hetero) is 1. The Hall–Kier alpha value is -1.77.